The van der Waals surface area contributed by atoms with Gasteiger partial charge in [-0.3, -0.25) is 4.79 Å². The van der Waals surface area contributed by atoms with Gasteiger partial charge in [0.1, 0.15) is 5.75 Å². The fourth-order valence-corrected chi connectivity index (χ4v) is 3.66. The molecule has 3 rings (SSSR count). The van der Waals surface area contributed by atoms with Crippen LogP contribution in [0.1, 0.15) is 54.5 Å². The Morgan fingerprint density at radius 3 is 2.64 bits per heavy atom. The van der Waals surface area contributed by atoms with E-state index in [0.29, 0.717) is 6.42 Å². The van der Waals surface area contributed by atoms with Crippen LogP contribution in [0, 0.1) is 13.8 Å². The Bertz CT molecular complexity index is 733. The molecule has 0 unspecified atom stereocenters. The summed E-state index contributed by atoms with van der Waals surface area (Å²) >= 11 is 0. The molecule has 0 aliphatic heterocycles. The van der Waals surface area contributed by atoms with Crippen molar-refractivity contribution in [2.75, 3.05) is 0 Å². The number of aryl methyl sites for hydroxylation is 3. The number of amides is 1. The highest BCUT2D eigenvalue weighted by Gasteiger charge is 2.25. The monoisotopic (exact) mass is 337 g/mol. The summed E-state index contributed by atoms with van der Waals surface area (Å²) in [4.78, 5) is 12.8. The van der Waals surface area contributed by atoms with Gasteiger partial charge in [0, 0.05) is 0 Å². The molecule has 2 atom stereocenters. The van der Waals surface area contributed by atoms with Crippen molar-refractivity contribution in [2.24, 2.45) is 0 Å². The van der Waals surface area contributed by atoms with Crippen molar-refractivity contribution in [2.45, 2.75) is 58.6 Å². The van der Waals surface area contributed by atoms with Crippen molar-refractivity contribution in [3.05, 3.63) is 64.7 Å². The van der Waals surface area contributed by atoms with Crippen LogP contribution in [0.3, 0.4) is 0 Å². The normalized spacial score (nSPS) is 17.5. The van der Waals surface area contributed by atoms with E-state index in [0.717, 1.165) is 36.1 Å². The van der Waals surface area contributed by atoms with E-state index < -0.39 is 6.10 Å². The Balaban J connectivity index is 1.71. The molecule has 0 heterocycles. The van der Waals surface area contributed by atoms with Gasteiger partial charge >= 0.3 is 0 Å². The van der Waals surface area contributed by atoms with Gasteiger partial charge in [-0.15, -0.1) is 0 Å². The lowest BCUT2D eigenvalue weighted by Gasteiger charge is -2.28. The summed E-state index contributed by atoms with van der Waals surface area (Å²) in [5.41, 5.74) is 4.89. The van der Waals surface area contributed by atoms with E-state index in [-0.39, 0.29) is 11.9 Å². The first-order valence-corrected chi connectivity index (χ1v) is 9.20. The molecule has 3 nitrogen and oxygen atoms in total. The Hall–Kier alpha value is -2.29. The topological polar surface area (TPSA) is 38.3 Å². The van der Waals surface area contributed by atoms with Gasteiger partial charge in [-0.05, 0) is 73.9 Å². The van der Waals surface area contributed by atoms with Crippen LogP contribution in [0.25, 0.3) is 0 Å². The van der Waals surface area contributed by atoms with Crippen LogP contribution in [0.2, 0.25) is 0 Å². The molecular formula is C22H27NO2. The summed E-state index contributed by atoms with van der Waals surface area (Å²) in [6, 6.07) is 14.6. The molecule has 132 valence electrons. The molecule has 0 saturated carbocycles. The highest BCUT2D eigenvalue weighted by molar-refractivity contribution is 5.81. The minimum atomic E-state index is -0.463. The van der Waals surface area contributed by atoms with E-state index in [9.17, 15) is 4.79 Å². The molecule has 0 fully saturated rings. The molecule has 0 saturated heterocycles. The number of ether oxygens (including phenoxy) is 1. The lowest BCUT2D eigenvalue weighted by molar-refractivity contribution is -0.129. The van der Waals surface area contributed by atoms with Crippen LogP contribution in [0.5, 0.6) is 5.75 Å². The number of hydrogen-bond donors (Lipinski definition) is 1. The summed E-state index contributed by atoms with van der Waals surface area (Å²) < 4.78 is 6.00. The van der Waals surface area contributed by atoms with Gasteiger partial charge in [0.2, 0.25) is 0 Å². The van der Waals surface area contributed by atoms with Crippen LogP contribution in [0.4, 0.5) is 0 Å². The summed E-state index contributed by atoms with van der Waals surface area (Å²) in [6.45, 7) is 6.07. The summed E-state index contributed by atoms with van der Waals surface area (Å²) in [5, 5.41) is 3.21. The van der Waals surface area contributed by atoms with Crippen LogP contribution >= 0.6 is 0 Å². The van der Waals surface area contributed by atoms with Gasteiger partial charge in [-0.1, -0.05) is 37.3 Å². The molecule has 2 aromatic carbocycles. The molecule has 0 bridgehead atoms. The number of hydrogen-bond acceptors (Lipinski definition) is 2. The highest BCUT2D eigenvalue weighted by atomic mass is 16.5. The van der Waals surface area contributed by atoms with E-state index in [4.69, 9.17) is 4.74 Å². The number of benzene rings is 2. The van der Waals surface area contributed by atoms with Gasteiger partial charge in [0.25, 0.3) is 5.91 Å². The summed E-state index contributed by atoms with van der Waals surface area (Å²) in [5.74, 6) is 0.743. The third-order valence-corrected chi connectivity index (χ3v) is 4.82. The molecule has 3 heteroatoms. The zero-order chi connectivity index (χ0) is 17.8. The average molecular weight is 337 g/mol. The third kappa shape index (κ3) is 4.22. The number of fused-ring (bicyclic) bond motifs is 1. The van der Waals surface area contributed by atoms with Gasteiger partial charge in [0.05, 0.1) is 6.04 Å². The van der Waals surface area contributed by atoms with Crippen LogP contribution in [-0.4, -0.2) is 12.0 Å². The maximum Gasteiger partial charge on any atom is 0.261 e. The quantitative estimate of drug-likeness (QED) is 0.862. The van der Waals surface area contributed by atoms with Gasteiger partial charge in [-0.2, -0.15) is 0 Å². The Morgan fingerprint density at radius 2 is 1.92 bits per heavy atom. The second-order valence-electron chi connectivity index (χ2n) is 6.99. The maximum atomic E-state index is 12.8. The Morgan fingerprint density at radius 1 is 1.20 bits per heavy atom. The molecule has 1 N–H and O–H groups in total. The van der Waals surface area contributed by atoms with Gasteiger partial charge in [-0.25, -0.2) is 0 Å². The minimum Gasteiger partial charge on any atom is -0.481 e. The third-order valence-electron chi connectivity index (χ3n) is 4.82. The van der Waals surface area contributed by atoms with E-state index >= 15 is 0 Å². The molecule has 25 heavy (non-hydrogen) atoms. The molecule has 0 aromatic heterocycles. The second kappa shape index (κ2) is 7.73. The number of carbonyl (C=O) groups is 1. The summed E-state index contributed by atoms with van der Waals surface area (Å²) in [7, 11) is 0. The van der Waals surface area contributed by atoms with Crippen molar-refractivity contribution in [3.8, 4) is 5.75 Å². The lowest BCUT2D eigenvalue weighted by atomic mass is 9.87. The molecule has 1 aliphatic rings. The molecule has 2 aromatic rings. The molecule has 1 amide bonds. The maximum absolute atomic E-state index is 12.8. The highest BCUT2D eigenvalue weighted by Crippen LogP contribution is 2.29. The molecular weight excluding hydrogens is 310 g/mol. The average Bonchev–Trinajstić information content (AvgIpc) is 2.59. The zero-order valence-corrected chi connectivity index (χ0v) is 15.3. The fraction of sp³-hybridized carbons (Fsp3) is 0.409. The van der Waals surface area contributed by atoms with Crippen molar-refractivity contribution in [1.29, 1.82) is 0 Å². The predicted molar refractivity (Wildman–Crippen MR) is 101 cm³/mol. The van der Waals surface area contributed by atoms with Crippen molar-refractivity contribution in [1.82, 2.24) is 5.32 Å². The van der Waals surface area contributed by atoms with Crippen LogP contribution < -0.4 is 10.1 Å². The smallest absolute Gasteiger partial charge is 0.261 e. The zero-order valence-electron chi connectivity index (χ0n) is 15.3. The fourth-order valence-electron chi connectivity index (χ4n) is 3.66. The van der Waals surface area contributed by atoms with E-state index in [1.807, 2.05) is 39.0 Å². The van der Waals surface area contributed by atoms with Crippen molar-refractivity contribution >= 4 is 5.91 Å². The number of rotatable bonds is 5. The number of nitrogens with one attached hydrogen (secondary N) is 1. The Kier molecular flexibility index (Phi) is 5.42. The minimum absolute atomic E-state index is 0.0247. The van der Waals surface area contributed by atoms with Crippen LogP contribution in [-0.2, 0) is 11.2 Å². The molecule has 0 spiro atoms. The van der Waals surface area contributed by atoms with E-state index in [1.165, 1.54) is 11.1 Å². The predicted octanol–water partition coefficient (Wildman–Crippen LogP) is 4.65. The Labute approximate surface area is 150 Å². The first kappa shape index (κ1) is 17.5. The second-order valence-corrected chi connectivity index (χ2v) is 6.99. The van der Waals surface area contributed by atoms with E-state index in [1.54, 1.807) is 0 Å². The number of carbonyl (C=O) groups excluding carboxylic acids is 1. The SMILES string of the molecule is CC[C@H](Oc1cc(C)cc(C)c1)C(=O)N[C@@H]1CCCc2ccccc21. The van der Waals surface area contributed by atoms with Gasteiger partial charge < -0.3 is 10.1 Å². The molecule has 1 aliphatic carbocycles. The first-order chi connectivity index (χ1) is 12.1. The van der Waals surface area contributed by atoms with Crippen molar-refractivity contribution < 1.29 is 9.53 Å². The molecule has 0 radical (unpaired) electrons. The van der Waals surface area contributed by atoms with Gasteiger partial charge in [0.15, 0.2) is 6.10 Å². The van der Waals surface area contributed by atoms with E-state index in [2.05, 4.69) is 29.6 Å². The summed E-state index contributed by atoms with van der Waals surface area (Å²) in [6.07, 6.45) is 3.38. The first-order valence-electron chi connectivity index (χ1n) is 9.20. The standard InChI is InChI=1S/C22H27NO2/c1-4-21(25-18-13-15(2)12-16(3)14-18)22(24)23-20-11-7-9-17-8-5-6-10-19(17)20/h5-6,8,10,12-14,20-21H,4,7,9,11H2,1-3H3,(H,23,24)/t20-,21+/m1/s1. The van der Waals surface area contributed by atoms with Crippen molar-refractivity contribution in [3.63, 3.8) is 0 Å². The van der Waals surface area contributed by atoms with Crippen LogP contribution in [0.15, 0.2) is 42.5 Å². The lowest BCUT2D eigenvalue weighted by Crippen LogP contribution is -2.41. The largest absolute Gasteiger partial charge is 0.481 e.